The molecular formula is C20H11ClFN3O4. The standard InChI is InChI=1S/C20H11ClFN3O4/c21-15-7-3-12(9-17(15)25(27)28)19(26)23-14-6-8-18-16(10-14)24-20(29-18)11-1-4-13(22)5-2-11/h1-10H,(H,23,26). The molecule has 1 N–H and O–H groups in total. The van der Waals surface area contributed by atoms with Gasteiger partial charge in [0.25, 0.3) is 11.6 Å². The van der Waals surface area contributed by atoms with Crippen LogP contribution in [-0.4, -0.2) is 15.8 Å². The van der Waals surface area contributed by atoms with E-state index >= 15 is 0 Å². The zero-order chi connectivity index (χ0) is 20.5. The molecule has 0 spiro atoms. The lowest BCUT2D eigenvalue weighted by Crippen LogP contribution is -2.12. The van der Waals surface area contributed by atoms with Crippen molar-refractivity contribution in [2.75, 3.05) is 5.32 Å². The van der Waals surface area contributed by atoms with Crippen LogP contribution in [0.4, 0.5) is 15.8 Å². The number of carbonyl (C=O) groups excluding carboxylic acids is 1. The van der Waals surface area contributed by atoms with Crippen LogP contribution >= 0.6 is 11.6 Å². The van der Waals surface area contributed by atoms with E-state index in [2.05, 4.69) is 10.3 Å². The number of fused-ring (bicyclic) bond motifs is 1. The topological polar surface area (TPSA) is 98.3 Å². The molecule has 29 heavy (non-hydrogen) atoms. The second-order valence-electron chi connectivity index (χ2n) is 6.09. The molecule has 1 aromatic heterocycles. The number of hydrogen-bond acceptors (Lipinski definition) is 5. The van der Waals surface area contributed by atoms with Gasteiger partial charge in [0.15, 0.2) is 5.58 Å². The molecule has 7 nitrogen and oxygen atoms in total. The van der Waals surface area contributed by atoms with Gasteiger partial charge >= 0.3 is 0 Å². The van der Waals surface area contributed by atoms with E-state index in [9.17, 15) is 19.3 Å². The molecule has 0 saturated carbocycles. The summed E-state index contributed by atoms with van der Waals surface area (Å²) in [5.41, 5.74) is 1.76. The molecule has 9 heteroatoms. The maximum absolute atomic E-state index is 13.1. The molecule has 1 amide bonds. The van der Waals surface area contributed by atoms with Crippen molar-refractivity contribution >= 4 is 40.0 Å². The van der Waals surface area contributed by atoms with Crippen LogP contribution in [0.1, 0.15) is 10.4 Å². The highest BCUT2D eigenvalue weighted by molar-refractivity contribution is 6.32. The van der Waals surface area contributed by atoms with Crippen molar-refractivity contribution in [1.82, 2.24) is 4.98 Å². The number of nitrogens with one attached hydrogen (secondary N) is 1. The second kappa shape index (κ2) is 7.33. The van der Waals surface area contributed by atoms with E-state index in [1.54, 1.807) is 30.3 Å². The third kappa shape index (κ3) is 3.78. The zero-order valence-corrected chi connectivity index (χ0v) is 15.3. The van der Waals surface area contributed by atoms with E-state index < -0.39 is 10.8 Å². The van der Waals surface area contributed by atoms with Gasteiger partial charge < -0.3 is 9.73 Å². The number of nitro groups is 1. The first-order valence-corrected chi connectivity index (χ1v) is 8.70. The van der Waals surface area contributed by atoms with Crippen molar-refractivity contribution in [3.63, 3.8) is 0 Å². The van der Waals surface area contributed by atoms with Gasteiger partial charge in [-0.05, 0) is 54.6 Å². The van der Waals surface area contributed by atoms with Crippen molar-refractivity contribution in [3.8, 4) is 11.5 Å². The highest BCUT2D eigenvalue weighted by Crippen LogP contribution is 2.28. The molecule has 0 fully saturated rings. The minimum absolute atomic E-state index is 0.0520. The highest BCUT2D eigenvalue weighted by Gasteiger charge is 2.17. The van der Waals surface area contributed by atoms with Crippen LogP contribution in [0.2, 0.25) is 5.02 Å². The lowest BCUT2D eigenvalue weighted by atomic mass is 10.2. The summed E-state index contributed by atoms with van der Waals surface area (Å²) in [6, 6.07) is 14.4. The number of aromatic nitrogens is 1. The van der Waals surface area contributed by atoms with Crippen molar-refractivity contribution < 1.29 is 18.5 Å². The summed E-state index contributed by atoms with van der Waals surface area (Å²) in [5.74, 6) is -0.583. The molecule has 0 bridgehead atoms. The number of nitro benzene ring substituents is 1. The average Bonchev–Trinajstić information content (AvgIpc) is 3.12. The predicted octanol–water partition coefficient (Wildman–Crippen LogP) is 5.45. The number of halogens is 2. The first-order chi connectivity index (χ1) is 13.9. The normalized spacial score (nSPS) is 10.8. The van der Waals surface area contributed by atoms with Crippen molar-refractivity contribution in [1.29, 1.82) is 0 Å². The molecule has 0 saturated heterocycles. The second-order valence-corrected chi connectivity index (χ2v) is 6.49. The van der Waals surface area contributed by atoms with Gasteiger partial charge in [0.2, 0.25) is 5.89 Å². The van der Waals surface area contributed by atoms with Gasteiger partial charge in [-0.3, -0.25) is 14.9 Å². The van der Waals surface area contributed by atoms with E-state index in [4.69, 9.17) is 16.0 Å². The number of benzene rings is 3. The summed E-state index contributed by atoms with van der Waals surface area (Å²) in [4.78, 5) is 27.1. The number of nitrogens with zero attached hydrogens (tertiary/aromatic N) is 2. The molecule has 0 aliphatic carbocycles. The van der Waals surface area contributed by atoms with Gasteiger partial charge in [-0.15, -0.1) is 0 Å². The Morgan fingerprint density at radius 2 is 1.86 bits per heavy atom. The van der Waals surface area contributed by atoms with E-state index in [0.717, 1.165) is 6.07 Å². The van der Waals surface area contributed by atoms with Gasteiger partial charge in [0.05, 0.1) is 4.92 Å². The van der Waals surface area contributed by atoms with Crippen LogP contribution in [-0.2, 0) is 0 Å². The quantitative estimate of drug-likeness (QED) is 0.355. The predicted molar refractivity (Wildman–Crippen MR) is 105 cm³/mol. The molecule has 1 heterocycles. The average molecular weight is 412 g/mol. The summed E-state index contributed by atoms with van der Waals surface area (Å²) in [6.45, 7) is 0. The molecule has 0 aliphatic heterocycles. The van der Waals surface area contributed by atoms with Gasteiger partial charge in [-0.2, -0.15) is 0 Å². The van der Waals surface area contributed by atoms with Crippen molar-refractivity contribution in [2.45, 2.75) is 0 Å². The van der Waals surface area contributed by atoms with Crippen LogP contribution in [0.15, 0.2) is 65.1 Å². The van der Waals surface area contributed by atoms with E-state index in [1.807, 2.05) is 0 Å². The fourth-order valence-corrected chi connectivity index (χ4v) is 2.90. The summed E-state index contributed by atoms with van der Waals surface area (Å²) >= 11 is 5.77. The molecule has 0 unspecified atom stereocenters. The Labute approximate surface area is 167 Å². The van der Waals surface area contributed by atoms with Gasteiger partial charge in [-0.1, -0.05) is 11.6 Å². The number of rotatable bonds is 4. The van der Waals surface area contributed by atoms with Crippen molar-refractivity contribution in [3.05, 3.63) is 87.2 Å². The Morgan fingerprint density at radius 1 is 1.10 bits per heavy atom. The zero-order valence-electron chi connectivity index (χ0n) is 14.6. The molecule has 4 aromatic rings. The molecular weight excluding hydrogens is 401 g/mol. The molecule has 0 atom stereocenters. The van der Waals surface area contributed by atoms with Crippen LogP contribution in [0.5, 0.6) is 0 Å². The number of carbonyl (C=O) groups is 1. The van der Waals surface area contributed by atoms with E-state index in [0.29, 0.717) is 28.2 Å². The van der Waals surface area contributed by atoms with Crippen LogP contribution in [0, 0.1) is 15.9 Å². The Balaban J connectivity index is 1.60. The summed E-state index contributed by atoms with van der Waals surface area (Å²) in [7, 11) is 0. The van der Waals surface area contributed by atoms with E-state index in [1.165, 1.54) is 24.3 Å². The van der Waals surface area contributed by atoms with Crippen LogP contribution in [0.25, 0.3) is 22.6 Å². The minimum Gasteiger partial charge on any atom is -0.436 e. The largest absolute Gasteiger partial charge is 0.436 e. The Morgan fingerprint density at radius 3 is 2.59 bits per heavy atom. The Kier molecular flexibility index (Phi) is 4.69. The maximum atomic E-state index is 13.1. The first-order valence-electron chi connectivity index (χ1n) is 8.32. The lowest BCUT2D eigenvalue weighted by Gasteiger charge is -2.05. The number of amides is 1. The fraction of sp³-hybridized carbons (Fsp3) is 0. The molecule has 0 aliphatic rings. The monoisotopic (exact) mass is 411 g/mol. The number of oxazole rings is 1. The van der Waals surface area contributed by atoms with Crippen LogP contribution in [0.3, 0.4) is 0 Å². The summed E-state index contributed by atoms with van der Waals surface area (Å²) in [6.07, 6.45) is 0. The van der Waals surface area contributed by atoms with Gasteiger partial charge in [0, 0.05) is 22.9 Å². The summed E-state index contributed by atoms with van der Waals surface area (Å²) < 4.78 is 18.7. The van der Waals surface area contributed by atoms with Gasteiger partial charge in [-0.25, -0.2) is 9.37 Å². The highest BCUT2D eigenvalue weighted by atomic mass is 35.5. The molecule has 4 rings (SSSR count). The smallest absolute Gasteiger partial charge is 0.288 e. The number of anilines is 1. The Bertz CT molecular complexity index is 1250. The van der Waals surface area contributed by atoms with E-state index in [-0.39, 0.29) is 22.1 Å². The van der Waals surface area contributed by atoms with Crippen molar-refractivity contribution in [2.24, 2.45) is 0 Å². The van der Waals surface area contributed by atoms with Crippen LogP contribution < -0.4 is 5.32 Å². The third-order valence-corrected chi connectivity index (χ3v) is 4.46. The first kappa shape index (κ1) is 18.6. The summed E-state index contributed by atoms with van der Waals surface area (Å²) in [5, 5.41) is 13.6. The lowest BCUT2D eigenvalue weighted by molar-refractivity contribution is -0.384. The molecule has 0 radical (unpaired) electrons. The number of hydrogen-bond donors (Lipinski definition) is 1. The maximum Gasteiger partial charge on any atom is 0.288 e. The molecule has 3 aromatic carbocycles. The fourth-order valence-electron chi connectivity index (χ4n) is 2.72. The third-order valence-electron chi connectivity index (χ3n) is 4.14. The SMILES string of the molecule is O=C(Nc1ccc2oc(-c3ccc(F)cc3)nc2c1)c1ccc(Cl)c([N+](=O)[O-])c1. The van der Waals surface area contributed by atoms with Gasteiger partial charge in [0.1, 0.15) is 16.4 Å². The molecule has 144 valence electrons. The Hall–Kier alpha value is -3.78. The minimum atomic E-state index is -0.655.